The van der Waals surface area contributed by atoms with Crippen molar-refractivity contribution in [2.45, 2.75) is 100 Å². The molecule has 0 saturated heterocycles. The van der Waals surface area contributed by atoms with Crippen LogP contribution in [0.4, 0.5) is 0 Å². The highest BCUT2D eigenvalue weighted by atomic mass is 16.4. The first-order chi connectivity index (χ1) is 16.4. The van der Waals surface area contributed by atoms with Crippen LogP contribution in [0.3, 0.4) is 0 Å². The summed E-state index contributed by atoms with van der Waals surface area (Å²) in [5, 5.41) is 15.5. The Bertz CT molecular complexity index is 989. The summed E-state index contributed by atoms with van der Waals surface area (Å²) in [5.74, 6) is -1.56. The summed E-state index contributed by atoms with van der Waals surface area (Å²) >= 11 is 0. The summed E-state index contributed by atoms with van der Waals surface area (Å²) in [7, 11) is 3.42. The molecule has 1 aromatic rings. The van der Waals surface area contributed by atoms with E-state index in [2.05, 4.69) is 36.6 Å². The zero-order chi connectivity index (χ0) is 28.2. The Hall–Kier alpha value is -2.67. The highest BCUT2D eigenvalue weighted by molar-refractivity contribution is 5.91. The number of nitrogens with zero attached hydrogens (tertiary/aromatic N) is 1. The number of likely N-dealkylation sites (N-methyl/N-ethyl adjacent to an activating group) is 2. The molecule has 1 rings (SSSR count). The number of nitrogens with one attached hydrogen (secondary N) is 2. The van der Waals surface area contributed by atoms with Crippen molar-refractivity contribution < 1.29 is 19.5 Å². The highest BCUT2D eigenvalue weighted by Crippen LogP contribution is 2.30. The third-order valence-corrected chi connectivity index (χ3v) is 7.16. The van der Waals surface area contributed by atoms with Gasteiger partial charge in [0, 0.05) is 18.0 Å². The van der Waals surface area contributed by atoms with E-state index in [0.717, 1.165) is 11.1 Å². The predicted molar refractivity (Wildman–Crippen MR) is 153 cm³/mol. The van der Waals surface area contributed by atoms with E-state index < -0.39 is 34.9 Å². The molecule has 0 aliphatic rings. The number of hydrogen-bond acceptors (Lipinski definition) is 4. The molecule has 210 valence electrons. The van der Waals surface area contributed by atoms with Crippen molar-refractivity contribution in [2.24, 2.45) is 11.3 Å². The minimum absolute atomic E-state index is 0. The third kappa shape index (κ3) is 8.42. The Kier molecular flexibility index (Phi) is 12.3. The van der Waals surface area contributed by atoms with Crippen LogP contribution in [-0.4, -0.2) is 60.0 Å². The van der Waals surface area contributed by atoms with Gasteiger partial charge in [0.05, 0.1) is 12.1 Å². The molecule has 37 heavy (non-hydrogen) atoms. The maximum atomic E-state index is 13.7. The van der Waals surface area contributed by atoms with E-state index in [1.807, 2.05) is 54.5 Å². The topological polar surface area (TPSA) is 98.7 Å². The SMILES string of the molecule is C.CN[C@H](C(=O)N[C@H](C(=O)N(C)[C@H](/C=C(\C)C(=O)O)C(C)C)C(C)(C)C)C(C)(C)c1ccc(C)c(C)c1. The zero-order valence-corrected chi connectivity index (χ0v) is 24.2. The van der Waals surface area contributed by atoms with E-state index in [-0.39, 0.29) is 30.7 Å². The van der Waals surface area contributed by atoms with Gasteiger partial charge in [-0.15, -0.1) is 0 Å². The molecule has 3 N–H and O–H groups in total. The number of benzene rings is 1. The predicted octanol–water partition coefficient (Wildman–Crippen LogP) is 4.85. The van der Waals surface area contributed by atoms with E-state index in [9.17, 15) is 19.5 Å². The van der Waals surface area contributed by atoms with Crippen LogP contribution in [0.1, 0.15) is 79.5 Å². The fourth-order valence-corrected chi connectivity index (χ4v) is 4.43. The minimum atomic E-state index is -1.02. The summed E-state index contributed by atoms with van der Waals surface area (Å²) in [6.07, 6.45) is 1.60. The van der Waals surface area contributed by atoms with Gasteiger partial charge in [-0.25, -0.2) is 4.79 Å². The lowest BCUT2D eigenvalue weighted by atomic mass is 9.76. The summed E-state index contributed by atoms with van der Waals surface area (Å²) in [5.41, 5.74) is 2.44. The first-order valence-electron chi connectivity index (χ1n) is 12.6. The number of carboxylic acid groups (broad SMARTS) is 1. The van der Waals surface area contributed by atoms with Crippen molar-refractivity contribution in [3.63, 3.8) is 0 Å². The lowest BCUT2D eigenvalue weighted by Crippen LogP contribution is -2.61. The van der Waals surface area contributed by atoms with E-state index in [4.69, 9.17) is 0 Å². The Morgan fingerprint density at radius 1 is 1.00 bits per heavy atom. The number of amides is 2. The number of carboxylic acids is 1. The van der Waals surface area contributed by atoms with Gasteiger partial charge in [0.2, 0.25) is 11.8 Å². The van der Waals surface area contributed by atoms with Crippen molar-refractivity contribution in [1.82, 2.24) is 15.5 Å². The smallest absolute Gasteiger partial charge is 0.331 e. The Labute approximate surface area is 225 Å². The Balaban J connectivity index is 0.0000130. The maximum Gasteiger partial charge on any atom is 0.331 e. The van der Waals surface area contributed by atoms with Crippen LogP contribution in [-0.2, 0) is 19.8 Å². The summed E-state index contributed by atoms with van der Waals surface area (Å²) < 4.78 is 0. The second kappa shape index (κ2) is 13.2. The van der Waals surface area contributed by atoms with Crippen LogP contribution >= 0.6 is 0 Å². The van der Waals surface area contributed by atoms with Crippen LogP contribution in [0.15, 0.2) is 29.8 Å². The second-order valence-corrected chi connectivity index (χ2v) is 11.9. The fraction of sp³-hybridized carbons (Fsp3) is 0.633. The van der Waals surface area contributed by atoms with Crippen LogP contribution < -0.4 is 10.6 Å². The van der Waals surface area contributed by atoms with Gasteiger partial charge in [-0.2, -0.15) is 0 Å². The third-order valence-electron chi connectivity index (χ3n) is 7.16. The maximum absolute atomic E-state index is 13.7. The molecule has 0 saturated carbocycles. The summed E-state index contributed by atoms with van der Waals surface area (Å²) in [6.45, 7) is 19.3. The van der Waals surface area contributed by atoms with Gasteiger partial charge >= 0.3 is 5.97 Å². The van der Waals surface area contributed by atoms with Gasteiger partial charge in [-0.3, -0.25) is 9.59 Å². The number of aryl methyl sites for hydroxylation is 2. The van der Waals surface area contributed by atoms with Gasteiger partial charge < -0.3 is 20.6 Å². The average molecular weight is 518 g/mol. The molecule has 0 heterocycles. The van der Waals surface area contributed by atoms with Crippen molar-refractivity contribution in [3.8, 4) is 0 Å². The normalized spacial score (nSPS) is 14.9. The minimum Gasteiger partial charge on any atom is -0.478 e. The van der Waals surface area contributed by atoms with E-state index in [1.165, 1.54) is 12.5 Å². The van der Waals surface area contributed by atoms with Crippen LogP contribution in [0, 0.1) is 25.2 Å². The zero-order valence-electron chi connectivity index (χ0n) is 24.2. The first-order valence-corrected chi connectivity index (χ1v) is 12.6. The van der Waals surface area contributed by atoms with Gasteiger partial charge in [0.25, 0.3) is 0 Å². The number of carbonyl (C=O) groups excluding carboxylic acids is 2. The molecule has 0 radical (unpaired) electrons. The molecule has 0 bridgehead atoms. The van der Waals surface area contributed by atoms with Crippen LogP contribution in [0.5, 0.6) is 0 Å². The highest BCUT2D eigenvalue weighted by Gasteiger charge is 2.41. The van der Waals surface area contributed by atoms with Gasteiger partial charge in [-0.1, -0.05) is 80.2 Å². The number of aliphatic carboxylic acids is 1. The average Bonchev–Trinajstić information content (AvgIpc) is 2.75. The van der Waals surface area contributed by atoms with Gasteiger partial charge in [-0.05, 0) is 55.8 Å². The largest absolute Gasteiger partial charge is 0.478 e. The van der Waals surface area contributed by atoms with Crippen molar-refractivity contribution in [3.05, 3.63) is 46.5 Å². The molecular weight excluding hydrogens is 466 g/mol. The lowest BCUT2D eigenvalue weighted by Gasteiger charge is -2.40. The molecule has 0 aliphatic carbocycles. The van der Waals surface area contributed by atoms with E-state index >= 15 is 0 Å². The molecule has 0 spiro atoms. The molecular formula is C30H51N3O4. The Morgan fingerprint density at radius 2 is 1.54 bits per heavy atom. The number of hydrogen-bond donors (Lipinski definition) is 3. The number of carbonyl (C=O) groups is 3. The van der Waals surface area contributed by atoms with Gasteiger partial charge in [0.1, 0.15) is 6.04 Å². The molecule has 0 fully saturated rings. The summed E-state index contributed by atoms with van der Waals surface area (Å²) in [6, 6.07) is 4.40. The molecule has 7 heteroatoms. The van der Waals surface area contributed by atoms with Gasteiger partial charge in [0.15, 0.2) is 0 Å². The monoisotopic (exact) mass is 517 g/mol. The molecule has 7 nitrogen and oxygen atoms in total. The fourth-order valence-electron chi connectivity index (χ4n) is 4.43. The lowest BCUT2D eigenvalue weighted by molar-refractivity contribution is -0.141. The quantitative estimate of drug-likeness (QED) is 0.385. The Morgan fingerprint density at radius 3 is 1.95 bits per heavy atom. The molecule has 0 unspecified atom stereocenters. The summed E-state index contributed by atoms with van der Waals surface area (Å²) in [4.78, 5) is 40.4. The first kappa shape index (κ1) is 34.3. The van der Waals surface area contributed by atoms with E-state index in [1.54, 1.807) is 25.1 Å². The number of rotatable bonds is 10. The van der Waals surface area contributed by atoms with Crippen LogP contribution in [0.2, 0.25) is 0 Å². The van der Waals surface area contributed by atoms with Crippen molar-refractivity contribution in [2.75, 3.05) is 14.1 Å². The molecule has 0 aliphatic heterocycles. The van der Waals surface area contributed by atoms with Crippen molar-refractivity contribution in [1.29, 1.82) is 0 Å². The molecule has 1 aromatic carbocycles. The van der Waals surface area contributed by atoms with E-state index in [0.29, 0.717) is 0 Å². The molecule has 2 amide bonds. The van der Waals surface area contributed by atoms with Crippen LogP contribution in [0.25, 0.3) is 0 Å². The molecule has 0 aromatic heterocycles. The standard InChI is InChI=1S/C29H47N3O4.CH4/c1-17(2)22(16-20(5)27(35)36)32(12)26(34)24(28(6,7)8)31-25(33)23(30-11)29(9,10)21-14-13-18(3)19(4)15-21;/h13-17,22-24,30H,1-12H3,(H,31,33)(H,35,36);1H4/b20-16+;/t22-,23-,24-;/m1./s1. The molecule has 3 atom stereocenters. The second-order valence-electron chi connectivity index (χ2n) is 11.9. The van der Waals surface area contributed by atoms with Crippen molar-refractivity contribution >= 4 is 17.8 Å².